The average molecular weight is 292 g/mol. The lowest BCUT2D eigenvalue weighted by Crippen LogP contribution is -2.11. The van der Waals surface area contributed by atoms with Crippen LogP contribution in [0.5, 0.6) is 0 Å². The third kappa shape index (κ3) is 2.52. The van der Waals surface area contributed by atoms with E-state index in [9.17, 15) is 26.7 Å². The zero-order valence-electron chi connectivity index (χ0n) is 9.90. The summed E-state index contributed by atoms with van der Waals surface area (Å²) in [7, 11) is -3.86. The molecule has 1 aromatic carbocycles. The van der Waals surface area contributed by atoms with Gasteiger partial charge in [0.25, 0.3) is 0 Å². The van der Waals surface area contributed by atoms with Gasteiger partial charge in [-0.1, -0.05) is 6.07 Å². The molecule has 1 aromatic rings. The van der Waals surface area contributed by atoms with Crippen molar-refractivity contribution in [1.82, 2.24) is 0 Å². The molecule has 0 amide bonds. The Morgan fingerprint density at radius 2 is 1.95 bits per heavy atom. The molecule has 7 heteroatoms. The summed E-state index contributed by atoms with van der Waals surface area (Å²) in [4.78, 5) is -0.349. The Kier molecular flexibility index (Phi) is 3.22. The van der Waals surface area contributed by atoms with Crippen molar-refractivity contribution < 1.29 is 26.7 Å². The number of fused-ring (bicyclic) bond motifs is 1. The van der Waals surface area contributed by atoms with Gasteiger partial charge in [-0.3, -0.25) is 0 Å². The fraction of sp³-hybridized carbons (Fsp3) is 0.333. The number of hydrogen-bond acceptors (Lipinski definition) is 3. The Balaban J connectivity index is 2.70. The highest BCUT2D eigenvalue weighted by molar-refractivity contribution is 7.95. The molecule has 0 spiro atoms. The maximum Gasteiger partial charge on any atom is 0.417 e. The largest absolute Gasteiger partial charge is 0.417 e. The van der Waals surface area contributed by atoms with E-state index in [-0.39, 0.29) is 22.5 Å². The second-order valence-electron chi connectivity index (χ2n) is 4.42. The van der Waals surface area contributed by atoms with Crippen LogP contribution in [-0.2, 0) is 16.0 Å². The number of halogens is 3. The van der Waals surface area contributed by atoms with Crippen molar-refractivity contribution in [3.8, 4) is 0 Å². The molecule has 1 atom stereocenters. The lowest BCUT2D eigenvalue weighted by Gasteiger charge is -2.14. The maximum atomic E-state index is 12.9. The van der Waals surface area contributed by atoms with E-state index in [1.807, 2.05) is 0 Å². The summed E-state index contributed by atoms with van der Waals surface area (Å²) in [6.45, 7) is 1.39. The molecule has 0 fully saturated rings. The van der Waals surface area contributed by atoms with Crippen LogP contribution in [0.4, 0.5) is 13.2 Å². The summed E-state index contributed by atoms with van der Waals surface area (Å²) >= 11 is 0. The van der Waals surface area contributed by atoms with Gasteiger partial charge < -0.3 is 5.11 Å². The van der Waals surface area contributed by atoms with Crippen LogP contribution in [0.15, 0.2) is 28.5 Å². The SMILES string of the molecule is CC(O)CC1=CS(=O)(=O)c2cccc(C(F)(F)F)c21. The minimum absolute atomic E-state index is 0.00192. The molecule has 0 radical (unpaired) electrons. The Morgan fingerprint density at radius 3 is 2.47 bits per heavy atom. The molecule has 3 nitrogen and oxygen atoms in total. The van der Waals surface area contributed by atoms with Crippen LogP contribution in [0, 0.1) is 0 Å². The van der Waals surface area contributed by atoms with Crippen LogP contribution >= 0.6 is 0 Å². The molecule has 1 heterocycles. The third-order valence-corrected chi connectivity index (χ3v) is 4.32. The van der Waals surface area contributed by atoms with Gasteiger partial charge >= 0.3 is 6.18 Å². The summed E-state index contributed by atoms with van der Waals surface area (Å²) in [5, 5.41) is 10.1. The molecule has 1 N–H and O–H groups in total. The summed E-state index contributed by atoms with van der Waals surface area (Å²) in [6.07, 6.45) is -5.70. The molecule has 0 saturated carbocycles. The van der Waals surface area contributed by atoms with Crippen molar-refractivity contribution in [3.63, 3.8) is 0 Å². The Bertz CT molecular complexity index is 643. The second kappa shape index (κ2) is 4.35. The molecular weight excluding hydrogens is 281 g/mol. The van der Waals surface area contributed by atoms with Crippen molar-refractivity contribution in [2.75, 3.05) is 0 Å². The quantitative estimate of drug-likeness (QED) is 0.911. The fourth-order valence-electron chi connectivity index (χ4n) is 2.11. The standard InChI is InChI=1S/C12H11F3O3S/c1-7(16)5-8-6-19(17,18)10-4-2-3-9(11(8)10)12(13,14)15/h2-4,6-7,16H,5H2,1H3. The number of sulfone groups is 1. The van der Waals surface area contributed by atoms with Gasteiger partial charge in [-0.05, 0) is 31.1 Å². The van der Waals surface area contributed by atoms with E-state index in [0.717, 1.165) is 23.6 Å². The van der Waals surface area contributed by atoms with Gasteiger partial charge in [0, 0.05) is 11.0 Å². The third-order valence-electron chi connectivity index (χ3n) is 2.77. The molecule has 0 bridgehead atoms. The van der Waals surface area contributed by atoms with E-state index in [1.54, 1.807) is 0 Å². The second-order valence-corrected chi connectivity index (χ2v) is 6.18. The lowest BCUT2D eigenvalue weighted by atomic mass is 9.96. The number of benzene rings is 1. The van der Waals surface area contributed by atoms with Crippen molar-refractivity contribution in [2.24, 2.45) is 0 Å². The molecule has 1 aliphatic rings. The highest BCUT2D eigenvalue weighted by Crippen LogP contribution is 2.43. The average Bonchev–Trinajstić information content (AvgIpc) is 2.48. The van der Waals surface area contributed by atoms with Crippen molar-refractivity contribution in [3.05, 3.63) is 34.7 Å². The topological polar surface area (TPSA) is 54.4 Å². The normalized spacial score (nSPS) is 18.9. The highest BCUT2D eigenvalue weighted by atomic mass is 32.2. The van der Waals surface area contributed by atoms with E-state index >= 15 is 0 Å². The van der Waals surface area contributed by atoms with E-state index in [2.05, 4.69) is 0 Å². The molecule has 19 heavy (non-hydrogen) atoms. The van der Waals surface area contributed by atoms with Crippen LogP contribution < -0.4 is 0 Å². The van der Waals surface area contributed by atoms with E-state index < -0.39 is 27.7 Å². The first-order valence-corrected chi connectivity index (χ1v) is 7.02. The molecular formula is C12H11F3O3S. The van der Waals surface area contributed by atoms with Crippen molar-refractivity contribution >= 4 is 15.4 Å². The zero-order chi connectivity index (χ0) is 14.4. The minimum atomic E-state index is -4.64. The number of hydrogen-bond donors (Lipinski definition) is 1. The predicted octanol–water partition coefficient (Wildman–Crippen LogP) is 2.60. The summed E-state index contributed by atoms with van der Waals surface area (Å²) in [5.41, 5.74) is -1.33. The minimum Gasteiger partial charge on any atom is -0.393 e. The van der Waals surface area contributed by atoms with Gasteiger partial charge in [-0.2, -0.15) is 13.2 Å². The number of alkyl halides is 3. The number of aliphatic hydroxyl groups is 1. The first-order chi connectivity index (χ1) is 8.63. The zero-order valence-corrected chi connectivity index (χ0v) is 10.7. The highest BCUT2D eigenvalue weighted by Gasteiger charge is 2.39. The van der Waals surface area contributed by atoms with Crippen LogP contribution in [-0.4, -0.2) is 19.6 Å². The Labute approximate surface area is 108 Å². The summed E-state index contributed by atoms with van der Waals surface area (Å²) in [6, 6.07) is 3.05. The molecule has 0 aromatic heterocycles. The lowest BCUT2D eigenvalue weighted by molar-refractivity contribution is -0.137. The van der Waals surface area contributed by atoms with Gasteiger partial charge in [0.05, 0.1) is 16.6 Å². The molecule has 1 unspecified atom stereocenters. The van der Waals surface area contributed by atoms with Gasteiger partial charge in [0.1, 0.15) is 0 Å². The predicted molar refractivity (Wildman–Crippen MR) is 62.9 cm³/mol. The molecule has 2 rings (SSSR count). The fourth-order valence-corrected chi connectivity index (χ4v) is 3.62. The van der Waals surface area contributed by atoms with E-state index in [4.69, 9.17) is 0 Å². The van der Waals surface area contributed by atoms with Crippen LogP contribution in [0.2, 0.25) is 0 Å². The molecule has 1 aliphatic heterocycles. The summed E-state index contributed by atoms with van der Waals surface area (Å²) in [5.74, 6) is 0. The monoisotopic (exact) mass is 292 g/mol. The first kappa shape index (κ1) is 14.1. The first-order valence-electron chi connectivity index (χ1n) is 5.47. The molecule has 104 valence electrons. The molecule has 0 aliphatic carbocycles. The summed E-state index contributed by atoms with van der Waals surface area (Å²) < 4.78 is 62.4. The molecule has 0 saturated heterocycles. The van der Waals surface area contributed by atoms with Crippen LogP contribution in [0.3, 0.4) is 0 Å². The Morgan fingerprint density at radius 1 is 1.32 bits per heavy atom. The van der Waals surface area contributed by atoms with E-state index in [0.29, 0.717) is 0 Å². The van der Waals surface area contributed by atoms with E-state index in [1.165, 1.54) is 6.92 Å². The van der Waals surface area contributed by atoms with Gasteiger partial charge in [-0.25, -0.2) is 8.42 Å². The maximum absolute atomic E-state index is 12.9. The number of rotatable bonds is 2. The number of aliphatic hydroxyl groups excluding tert-OH is 1. The smallest absolute Gasteiger partial charge is 0.393 e. The van der Waals surface area contributed by atoms with Crippen molar-refractivity contribution in [2.45, 2.75) is 30.5 Å². The van der Waals surface area contributed by atoms with Gasteiger partial charge in [0.2, 0.25) is 9.84 Å². The van der Waals surface area contributed by atoms with Crippen LogP contribution in [0.25, 0.3) is 5.57 Å². The van der Waals surface area contributed by atoms with Gasteiger partial charge in [-0.15, -0.1) is 0 Å². The van der Waals surface area contributed by atoms with Gasteiger partial charge in [0.15, 0.2) is 0 Å². The van der Waals surface area contributed by atoms with Crippen molar-refractivity contribution in [1.29, 1.82) is 0 Å². The van der Waals surface area contributed by atoms with Crippen LogP contribution in [0.1, 0.15) is 24.5 Å². The Hall–Kier alpha value is -1.34.